The highest BCUT2D eigenvalue weighted by atomic mass is 32.2. The molecule has 2 aromatic rings. The molecule has 116 valence electrons. The highest BCUT2D eigenvalue weighted by Gasteiger charge is 2.21. The fourth-order valence-corrected chi connectivity index (χ4v) is 3.68. The fourth-order valence-electron chi connectivity index (χ4n) is 2.71. The first-order valence-electron chi connectivity index (χ1n) is 7.85. The summed E-state index contributed by atoms with van der Waals surface area (Å²) in [6.07, 6.45) is 4.58. The van der Waals surface area contributed by atoms with E-state index in [9.17, 15) is 4.79 Å². The minimum atomic E-state index is -0.153. The van der Waals surface area contributed by atoms with Gasteiger partial charge in [-0.05, 0) is 26.7 Å². The van der Waals surface area contributed by atoms with E-state index in [-0.39, 0.29) is 11.0 Å². The number of benzene rings is 1. The standard InChI is InChI=1S/C17H21N3OS/c1-12-7-9-14(10-8-12)16(21)13(2)22-17-19-18-15-6-4-3-5-11-20(15)17/h7-10,13H,3-6,11H2,1-2H3/t13-/m0/s1. The van der Waals surface area contributed by atoms with Crippen molar-refractivity contribution in [3.8, 4) is 0 Å². The van der Waals surface area contributed by atoms with Gasteiger partial charge in [0, 0.05) is 18.5 Å². The number of carbonyl (C=O) groups is 1. The Bertz CT molecular complexity index is 663. The molecule has 0 unspecified atom stereocenters. The molecule has 0 amide bonds. The maximum absolute atomic E-state index is 12.5. The van der Waals surface area contributed by atoms with Gasteiger partial charge in [-0.25, -0.2) is 0 Å². The van der Waals surface area contributed by atoms with Crippen LogP contribution in [0.25, 0.3) is 0 Å². The highest BCUT2D eigenvalue weighted by molar-refractivity contribution is 8.00. The van der Waals surface area contributed by atoms with Crippen molar-refractivity contribution in [2.24, 2.45) is 0 Å². The van der Waals surface area contributed by atoms with Crippen LogP contribution in [0, 0.1) is 6.92 Å². The Kier molecular flexibility index (Phi) is 4.62. The highest BCUT2D eigenvalue weighted by Crippen LogP contribution is 2.27. The van der Waals surface area contributed by atoms with Gasteiger partial charge in [0.15, 0.2) is 10.9 Å². The van der Waals surface area contributed by atoms with E-state index in [0.717, 1.165) is 29.5 Å². The number of Topliss-reactive ketones (excluding diaryl/α,β-unsaturated/α-hetero) is 1. The number of aryl methyl sites for hydroxylation is 2. The van der Waals surface area contributed by atoms with E-state index in [1.807, 2.05) is 38.1 Å². The molecule has 22 heavy (non-hydrogen) atoms. The Morgan fingerprint density at radius 3 is 2.73 bits per heavy atom. The van der Waals surface area contributed by atoms with E-state index in [1.165, 1.54) is 36.6 Å². The molecule has 1 aliphatic rings. The molecule has 0 saturated carbocycles. The lowest BCUT2D eigenvalue weighted by atomic mass is 10.1. The summed E-state index contributed by atoms with van der Waals surface area (Å²) in [5.41, 5.74) is 1.93. The summed E-state index contributed by atoms with van der Waals surface area (Å²) < 4.78 is 2.19. The SMILES string of the molecule is Cc1ccc(C(=O)[C@H](C)Sc2nnc3n2CCCCC3)cc1. The molecular weight excluding hydrogens is 294 g/mol. The van der Waals surface area contributed by atoms with Crippen LogP contribution < -0.4 is 0 Å². The van der Waals surface area contributed by atoms with Crippen molar-refractivity contribution in [1.82, 2.24) is 14.8 Å². The zero-order chi connectivity index (χ0) is 15.5. The second-order valence-corrected chi connectivity index (χ2v) is 7.16. The smallest absolute Gasteiger partial charge is 0.191 e. The number of carbonyl (C=O) groups excluding carboxylic acids is 1. The van der Waals surface area contributed by atoms with Gasteiger partial charge in [0.1, 0.15) is 5.82 Å². The maximum Gasteiger partial charge on any atom is 0.191 e. The van der Waals surface area contributed by atoms with Gasteiger partial charge in [0.05, 0.1) is 5.25 Å². The largest absolute Gasteiger partial charge is 0.306 e. The van der Waals surface area contributed by atoms with Crippen LogP contribution in [0.15, 0.2) is 29.4 Å². The van der Waals surface area contributed by atoms with E-state index in [0.29, 0.717) is 0 Å². The van der Waals surface area contributed by atoms with Crippen LogP contribution in [-0.4, -0.2) is 25.8 Å². The van der Waals surface area contributed by atoms with Crippen molar-refractivity contribution in [3.05, 3.63) is 41.2 Å². The zero-order valence-electron chi connectivity index (χ0n) is 13.1. The lowest BCUT2D eigenvalue weighted by Gasteiger charge is -2.11. The molecule has 1 aromatic heterocycles. The summed E-state index contributed by atoms with van der Waals surface area (Å²) in [6.45, 7) is 4.94. The third-order valence-corrected chi connectivity index (χ3v) is 5.14. The van der Waals surface area contributed by atoms with Crippen molar-refractivity contribution in [3.63, 3.8) is 0 Å². The molecular formula is C17H21N3OS. The predicted molar refractivity (Wildman–Crippen MR) is 88.4 cm³/mol. The summed E-state index contributed by atoms with van der Waals surface area (Å²) >= 11 is 1.52. The Morgan fingerprint density at radius 2 is 1.95 bits per heavy atom. The summed E-state index contributed by atoms with van der Waals surface area (Å²) in [5, 5.41) is 9.31. The summed E-state index contributed by atoms with van der Waals surface area (Å²) in [5.74, 6) is 1.21. The molecule has 2 heterocycles. The quantitative estimate of drug-likeness (QED) is 0.638. The summed E-state index contributed by atoms with van der Waals surface area (Å²) in [4.78, 5) is 12.5. The van der Waals surface area contributed by atoms with E-state index in [1.54, 1.807) is 0 Å². The molecule has 0 fully saturated rings. The van der Waals surface area contributed by atoms with Crippen LogP contribution in [-0.2, 0) is 13.0 Å². The number of ketones is 1. The Balaban J connectivity index is 1.74. The second-order valence-electron chi connectivity index (χ2n) is 5.85. The molecule has 3 rings (SSSR count). The van der Waals surface area contributed by atoms with Gasteiger partial charge in [0.25, 0.3) is 0 Å². The topological polar surface area (TPSA) is 47.8 Å². The minimum Gasteiger partial charge on any atom is -0.306 e. The lowest BCUT2D eigenvalue weighted by molar-refractivity contribution is 0.0994. The van der Waals surface area contributed by atoms with Gasteiger partial charge >= 0.3 is 0 Å². The number of aromatic nitrogens is 3. The van der Waals surface area contributed by atoms with Crippen LogP contribution in [0.1, 0.15) is 47.9 Å². The average molecular weight is 315 g/mol. The lowest BCUT2D eigenvalue weighted by Crippen LogP contribution is -2.15. The summed E-state index contributed by atoms with van der Waals surface area (Å²) in [6, 6.07) is 7.76. The van der Waals surface area contributed by atoms with E-state index in [2.05, 4.69) is 14.8 Å². The van der Waals surface area contributed by atoms with Crippen molar-refractivity contribution >= 4 is 17.5 Å². The molecule has 1 aromatic carbocycles. The van der Waals surface area contributed by atoms with Gasteiger partial charge in [-0.2, -0.15) is 0 Å². The minimum absolute atomic E-state index is 0.149. The Morgan fingerprint density at radius 1 is 1.18 bits per heavy atom. The Hall–Kier alpha value is -1.62. The number of rotatable bonds is 4. The van der Waals surface area contributed by atoms with Crippen LogP contribution >= 0.6 is 11.8 Å². The first kappa shape index (κ1) is 15.3. The van der Waals surface area contributed by atoms with Crippen LogP contribution in [0.2, 0.25) is 0 Å². The van der Waals surface area contributed by atoms with Crippen LogP contribution in [0.4, 0.5) is 0 Å². The Labute approximate surface area is 135 Å². The number of hydrogen-bond acceptors (Lipinski definition) is 4. The van der Waals surface area contributed by atoms with Gasteiger partial charge in [0.2, 0.25) is 0 Å². The first-order chi connectivity index (χ1) is 10.6. The van der Waals surface area contributed by atoms with Gasteiger partial charge in [-0.15, -0.1) is 10.2 Å². The third kappa shape index (κ3) is 3.24. The third-order valence-electron chi connectivity index (χ3n) is 4.06. The van der Waals surface area contributed by atoms with Gasteiger partial charge < -0.3 is 4.57 Å². The second kappa shape index (κ2) is 6.65. The number of hydrogen-bond donors (Lipinski definition) is 0. The molecule has 5 heteroatoms. The van der Waals surface area contributed by atoms with E-state index in [4.69, 9.17) is 0 Å². The number of nitrogens with zero attached hydrogens (tertiary/aromatic N) is 3. The predicted octanol–water partition coefficient (Wildman–Crippen LogP) is 3.68. The molecule has 0 N–H and O–H groups in total. The van der Waals surface area contributed by atoms with Gasteiger partial charge in [-0.1, -0.05) is 48.0 Å². The molecule has 4 nitrogen and oxygen atoms in total. The van der Waals surface area contributed by atoms with E-state index < -0.39 is 0 Å². The van der Waals surface area contributed by atoms with Crippen molar-refractivity contribution < 1.29 is 4.79 Å². The number of fused-ring (bicyclic) bond motifs is 1. The zero-order valence-corrected chi connectivity index (χ0v) is 13.9. The first-order valence-corrected chi connectivity index (χ1v) is 8.73. The van der Waals surface area contributed by atoms with Gasteiger partial charge in [-0.3, -0.25) is 4.79 Å². The molecule has 0 radical (unpaired) electrons. The van der Waals surface area contributed by atoms with Crippen molar-refractivity contribution in [2.45, 2.75) is 56.5 Å². The van der Waals surface area contributed by atoms with E-state index >= 15 is 0 Å². The van der Waals surface area contributed by atoms with Crippen molar-refractivity contribution in [2.75, 3.05) is 0 Å². The molecule has 0 bridgehead atoms. The number of thioether (sulfide) groups is 1. The van der Waals surface area contributed by atoms with Crippen LogP contribution in [0.3, 0.4) is 0 Å². The maximum atomic E-state index is 12.5. The average Bonchev–Trinajstić information content (AvgIpc) is 2.75. The monoisotopic (exact) mass is 315 g/mol. The molecule has 0 spiro atoms. The summed E-state index contributed by atoms with van der Waals surface area (Å²) in [7, 11) is 0. The molecule has 0 aliphatic carbocycles. The molecule has 1 atom stereocenters. The molecule has 1 aliphatic heterocycles. The molecule has 0 saturated heterocycles. The van der Waals surface area contributed by atoms with Crippen molar-refractivity contribution in [1.29, 1.82) is 0 Å². The normalized spacial score (nSPS) is 15.9. The fraction of sp³-hybridized carbons (Fsp3) is 0.471. The van der Waals surface area contributed by atoms with Crippen LogP contribution in [0.5, 0.6) is 0 Å².